The predicted molar refractivity (Wildman–Crippen MR) is 121 cm³/mol. The van der Waals surface area contributed by atoms with Gasteiger partial charge in [-0.1, -0.05) is 38.9 Å². The van der Waals surface area contributed by atoms with Crippen molar-refractivity contribution in [3.8, 4) is 0 Å². The highest BCUT2D eigenvalue weighted by atomic mass is 16.5. The van der Waals surface area contributed by atoms with Crippen LogP contribution in [0.4, 0.5) is 22.0 Å². The van der Waals surface area contributed by atoms with Crippen molar-refractivity contribution in [3.05, 3.63) is 35.6 Å². The Morgan fingerprint density at radius 3 is 2.35 bits per heavy atom. The fraction of sp³-hybridized carbons (Fsp3) is 0.522. The Kier molecular flexibility index (Phi) is 6.87. The molecule has 2 amide bonds. The molecule has 1 aliphatic carbocycles. The number of nitrogens with one attached hydrogen (secondary N) is 2. The second kappa shape index (κ2) is 9.41. The second-order valence-corrected chi connectivity index (χ2v) is 9.16. The highest BCUT2D eigenvalue weighted by molar-refractivity contribution is 6.01. The van der Waals surface area contributed by atoms with Crippen LogP contribution in [0.15, 0.2) is 28.8 Å². The summed E-state index contributed by atoms with van der Waals surface area (Å²) in [6.45, 7) is 12.1. The molecule has 0 spiro atoms. The number of carbonyl (C=O) groups excluding carboxylic acids is 1. The van der Waals surface area contributed by atoms with E-state index in [9.17, 15) is 14.7 Å². The number of carbonyl (C=O) groups is 2. The molecule has 168 valence electrons. The van der Waals surface area contributed by atoms with Crippen molar-refractivity contribution in [3.63, 3.8) is 0 Å². The first-order valence-electron chi connectivity index (χ1n) is 10.8. The Balaban J connectivity index is 1.89. The van der Waals surface area contributed by atoms with Crippen LogP contribution < -0.4 is 15.5 Å². The normalized spacial score (nSPS) is 17.6. The van der Waals surface area contributed by atoms with Gasteiger partial charge in [0.25, 0.3) is 0 Å². The zero-order valence-corrected chi connectivity index (χ0v) is 18.8. The lowest BCUT2D eigenvalue weighted by Crippen LogP contribution is -2.32. The van der Waals surface area contributed by atoms with Crippen molar-refractivity contribution in [1.82, 2.24) is 5.16 Å². The molecule has 3 rings (SSSR count). The lowest BCUT2D eigenvalue weighted by molar-refractivity contribution is -0.138. The van der Waals surface area contributed by atoms with Crippen molar-refractivity contribution >= 4 is 29.2 Å². The first-order valence-corrected chi connectivity index (χ1v) is 10.8. The Morgan fingerprint density at radius 1 is 1.16 bits per heavy atom. The van der Waals surface area contributed by atoms with E-state index in [1.54, 1.807) is 13.0 Å². The quantitative estimate of drug-likeness (QED) is 0.522. The number of aryl methyl sites for hydroxylation is 1. The number of carboxylic acid groups (broad SMARTS) is 1. The zero-order chi connectivity index (χ0) is 22.7. The number of nitrogens with zero attached hydrogens (tertiary/aromatic N) is 2. The maximum Gasteiger partial charge on any atom is 0.325 e. The first-order chi connectivity index (χ1) is 14.6. The van der Waals surface area contributed by atoms with Gasteiger partial charge in [-0.2, -0.15) is 0 Å². The van der Waals surface area contributed by atoms with Gasteiger partial charge in [-0.3, -0.25) is 10.1 Å². The molecule has 31 heavy (non-hydrogen) atoms. The lowest BCUT2D eigenvalue weighted by atomic mass is 10.0. The number of anilines is 3. The molecular formula is C23H32N4O4. The Morgan fingerprint density at radius 2 is 1.84 bits per heavy atom. The van der Waals surface area contributed by atoms with E-state index in [0.717, 1.165) is 24.3 Å². The molecule has 0 saturated heterocycles. The summed E-state index contributed by atoms with van der Waals surface area (Å²) in [6, 6.07) is 7.10. The molecule has 1 aliphatic rings. The van der Waals surface area contributed by atoms with Gasteiger partial charge >= 0.3 is 12.0 Å². The Hall–Kier alpha value is -3.03. The summed E-state index contributed by atoms with van der Waals surface area (Å²) < 4.78 is 5.00. The van der Waals surface area contributed by atoms with Crippen LogP contribution in [0, 0.1) is 24.7 Å². The summed E-state index contributed by atoms with van der Waals surface area (Å²) >= 11 is 0. The molecule has 1 heterocycles. The van der Waals surface area contributed by atoms with E-state index in [0.29, 0.717) is 35.5 Å². The van der Waals surface area contributed by atoms with Crippen LogP contribution in [0.2, 0.25) is 0 Å². The van der Waals surface area contributed by atoms with Gasteiger partial charge in [0.1, 0.15) is 5.76 Å². The minimum Gasteiger partial charge on any atom is -0.481 e. The van der Waals surface area contributed by atoms with Crippen molar-refractivity contribution in [2.45, 2.75) is 47.0 Å². The largest absolute Gasteiger partial charge is 0.481 e. The smallest absolute Gasteiger partial charge is 0.325 e. The van der Waals surface area contributed by atoms with Gasteiger partial charge < -0.3 is 19.8 Å². The summed E-state index contributed by atoms with van der Waals surface area (Å²) in [6.07, 6.45) is 0.625. The van der Waals surface area contributed by atoms with E-state index >= 15 is 0 Å². The predicted octanol–water partition coefficient (Wildman–Crippen LogP) is 4.93. The number of benzene rings is 1. The van der Waals surface area contributed by atoms with E-state index < -0.39 is 12.0 Å². The standard InChI is InChI=1S/C23H32N4O4/c1-13(2)11-27(12-14(3)4)20-7-6-16(17-10-18(17)22(28)29)9-19(20)24-23(30)25-21-8-15(5)31-26-21/h6-9,13-14,17-18H,10-12H2,1-5H3,(H,28,29)(H2,24,25,26,30)/t17-,18-/m1/s1. The van der Waals surface area contributed by atoms with Crippen LogP contribution in [-0.2, 0) is 4.79 Å². The molecule has 0 radical (unpaired) electrons. The Bertz CT molecular complexity index is 927. The SMILES string of the molecule is Cc1cc(NC(=O)Nc2cc([C@H]3C[C@H]3C(=O)O)ccc2N(CC(C)C)CC(C)C)no1. The number of carboxylic acids is 1. The molecule has 0 aliphatic heterocycles. The summed E-state index contributed by atoms with van der Waals surface area (Å²) in [5.74, 6) is 0.679. The van der Waals surface area contributed by atoms with Gasteiger partial charge in [0.2, 0.25) is 0 Å². The molecule has 1 fully saturated rings. The van der Waals surface area contributed by atoms with Crippen LogP contribution in [0.3, 0.4) is 0 Å². The average Bonchev–Trinajstić information content (AvgIpc) is 3.37. The van der Waals surface area contributed by atoms with E-state index in [1.807, 2.05) is 18.2 Å². The highest BCUT2D eigenvalue weighted by Gasteiger charge is 2.44. The topological polar surface area (TPSA) is 108 Å². The van der Waals surface area contributed by atoms with Gasteiger partial charge in [0.15, 0.2) is 5.82 Å². The van der Waals surface area contributed by atoms with Crippen LogP contribution in [0.1, 0.15) is 51.4 Å². The third-order valence-electron chi connectivity index (χ3n) is 5.19. The summed E-state index contributed by atoms with van der Waals surface area (Å²) in [7, 11) is 0. The van der Waals surface area contributed by atoms with E-state index in [4.69, 9.17) is 4.52 Å². The average molecular weight is 429 g/mol. The number of urea groups is 1. The fourth-order valence-electron chi connectivity index (χ4n) is 3.84. The number of hydrogen-bond acceptors (Lipinski definition) is 5. The molecule has 8 nitrogen and oxygen atoms in total. The third-order valence-corrected chi connectivity index (χ3v) is 5.19. The lowest BCUT2D eigenvalue weighted by Gasteiger charge is -2.30. The molecule has 0 bridgehead atoms. The van der Waals surface area contributed by atoms with Crippen LogP contribution >= 0.6 is 0 Å². The third kappa shape index (κ3) is 5.99. The van der Waals surface area contributed by atoms with E-state index in [2.05, 4.69) is 48.4 Å². The molecule has 1 aromatic carbocycles. The van der Waals surface area contributed by atoms with Gasteiger partial charge in [-0.05, 0) is 48.8 Å². The van der Waals surface area contributed by atoms with Crippen molar-refractivity contribution in [1.29, 1.82) is 0 Å². The van der Waals surface area contributed by atoms with Crippen LogP contribution in [0.25, 0.3) is 0 Å². The van der Waals surface area contributed by atoms with Gasteiger partial charge in [0.05, 0.1) is 17.3 Å². The Labute approximate surface area is 183 Å². The molecule has 2 atom stereocenters. The molecule has 1 saturated carbocycles. The van der Waals surface area contributed by atoms with Gasteiger partial charge in [-0.15, -0.1) is 0 Å². The minimum absolute atomic E-state index is 0.0167. The van der Waals surface area contributed by atoms with Gasteiger partial charge in [-0.25, -0.2) is 4.79 Å². The summed E-state index contributed by atoms with van der Waals surface area (Å²) in [5, 5.41) is 18.7. The summed E-state index contributed by atoms with van der Waals surface area (Å²) in [5.41, 5.74) is 2.51. The monoisotopic (exact) mass is 428 g/mol. The second-order valence-electron chi connectivity index (χ2n) is 9.16. The fourth-order valence-corrected chi connectivity index (χ4v) is 3.84. The molecule has 0 unspecified atom stereocenters. The summed E-state index contributed by atoms with van der Waals surface area (Å²) in [4.78, 5) is 26.3. The highest BCUT2D eigenvalue weighted by Crippen LogP contribution is 2.49. The van der Waals surface area contributed by atoms with E-state index in [1.165, 1.54) is 0 Å². The maximum atomic E-state index is 12.7. The van der Waals surface area contributed by atoms with Crippen molar-refractivity contribution in [2.75, 3.05) is 28.6 Å². The number of rotatable bonds is 9. The number of aromatic nitrogens is 1. The molecule has 8 heteroatoms. The van der Waals surface area contributed by atoms with E-state index in [-0.39, 0.29) is 11.8 Å². The minimum atomic E-state index is -0.774. The zero-order valence-electron chi connectivity index (χ0n) is 18.8. The van der Waals surface area contributed by atoms with Crippen molar-refractivity contribution < 1.29 is 19.2 Å². The molecular weight excluding hydrogens is 396 g/mol. The first kappa shape index (κ1) is 22.7. The maximum absolute atomic E-state index is 12.7. The number of aliphatic carboxylic acids is 1. The molecule has 3 N–H and O–H groups in total. The molecule has 2 aromatic rings. The van der Waals surface area contributed by atoms with Crippen LogP contribution in [-0.4, -0.2) is 35.4 Å². The number of hydrogen-bond donors (Lipinski definition) is 3. The van der Waals surface area contributed by atoms with Gasteiger partial charge in [0, 0.05) is 19.2 Å². The van der Waals surface area contributed by atoms with Crippen LogP contribution in [0.5, 0.6) is 0 Å². The number of amides is 2. The molecule has 1 aromatic heterocycles. The van der Waals surface area contributed by atoms with Crippen molar-refractivity contribution in [2.24, 2.45) is 17.8 Å².